The van der Waals surface area contributed by atoms with Crippen LogP contribution >= 0.6 is 0 Å². The maximum Gasteiger partial charge on any atom is 0.277 e. The molecule has 0 unspecified atom stereocenters. The smallest absolute Gasteiger partial charge is 0.277 e. The average Bonchev–Trinajstić information content (AvgIpc) is 3.72. The number of piperazine rings is 1. The number of nitrogens with one attached hydrogen (secondary N) is 3. The molecule has 2 heterocycles. The number of aryl methyl sites for hydroxylation is 1. The summed E-state index contributed by atoms with van der Waals surface area (Å²) in [4.78, 5) is 47.0. The van der Waals surface area contributed by atoms with Gasteiger partial charge in [0.25, 0.3) is 11.8 Å². The van der Waals surface area contributed by atoms with Crippen LogP contribution in [0.1, 0.15) is 71.3 Å². The Morgan fingerprint density at radius 1 is 0.929 bits per heavy atom. The molecule has 42 heavy (non-hydrogen) atoms. The number of carbonyl (C=O) groups is 3. The lowest BCUT2D eigenvalue weighted by molar-refractivity contribution is -0.123. The second-order valence-corrected chi connectivity index (χ2v) is 11.3. The Balaban J connectivity index is 1.28. The summed E-state index contributed by atoms with van der Waals surface area (Å²) in [6.07, 6.45) is 4.08. The number of hydrogen-bond donors (Lipinski definition) is 3. The quantitative estimate of drug-likeness (QED) is 0.293. The van der Waals surface area contributed by atoms with Crippen molar-refractivity contribution in [2.75, 3.05) is 54.4 Å². The van der Waals surface area contributed by atoms with Gasteiger partial charge in [-0.2, -0.15) is 0 Å². The first-order chi connectivity index (χ1) is 20.3. The van der Waals surface area contributed by atoms with Crippen molar-refractivity contribution in [3.63, 3.8) is 0 Å². The second kappa shape index (κ2) is 13.1. The molecular weight excluding hydrogens is 532 g/mol. The van der Waals surface area contributed by atoms with Gasteiger partial charge in [-0.25, -0.2) is 4.98 Å². The molecule has 0 spiro atoms. The summed E-state index contributed by atoms with van der Waals surface area (Å²) in [5, 5.41) is 8.77. The lowest BCUT2D eigenvalue weighted by Gasteiger charge is -2.38. The van der Waals surface area contributed by atoms with Gasteiger partial charge in [0.15, 0.2) is 11.6 Å². The van der Waals surface area contributed by atoms with E-state index in [1.807, 2.05) is 19.9 Å². The van der Waals surface area contributed by atoms with E-state index in [4.69, 9.17) is 4.42 Å². The summed E-state index contributed by atoms with van der Waals surface area (Å²) in [5.74, 6) is 0.212. The van der Waals surface area contributed by atoms with Crippen molar-refractivity contribution in [3.05, 3.63) is 71.4 Å². The molecule has 1 saturated heterocycles. The molecule has 1 aromatic heterocycles. The third kappa shape index (κ3) is 7.10. The molecule has 10 nitrogen and oxygen atoms in total. The summed E-state index contributed by atoms with van der Waals surface area (Å²) in [7, 11) is 0. The predicted octanol–water partition coefficient (Wildman–Crippen LogP) is 4.33. The van der Waals surface area contributed by atoms with Crippen LogP contribution in [0.15, 0.2) is 53.1 Å². The Morgan fingerprint density at radius 2 is 1.62 bits per heavy atom. The number of nitrogens with zero attached hydrogens (tertiary/aromatic N) is 3. The van der Waals surface area contributed by atoms with Crippen molar-refractivity contribution < 1.29 is 18.8 Å². The Hall–Kier alpha value is -4.34. The van der Waals surface area contributed by atoms with Gasteiger partial charge in [-0.1, -0.05) is 32.0 Å². The summed E-state index contributed by atoms with van der Waals surface area (Å²) >= 11 is 0. The van der Waals surface area contributed by atoms with Crippen LogP contribution in [-0.4, -0.2) is 62.0 Å². The Bertz CT molecular complexity index is 1420. The molecule has 0 radical (unpaired) electrons. The number of para-hydroxylation sites is 1. The standard InChI is InChI=1S/C32H40N6O4/c1-21(2)29(39)33-13-6-14-34-30(40)24-11-12-28(38-17-15-37(16-18-38)27-8-5-4-7-22(27)3)25(19-24)35-31(41)26-20-42-32(36-26)23-9-10-23/h4-5,7-8,11-12,19-21,23H,6,9-10,13-18H2,1-3H3,(H,33,39)(H,34,40)(H,35,41). The van der Waals surface area contributed by atoms with Crippen LogP contribution in [0.4, 0.5) is 17.1 Å². The van der Waals surface area contributed by atoms with Gasteiger partial charge >= 0.3 is 0 Å². The van der Waals surface area contributed by atoms with E-state index < -0.39 is 0 Å². The minimum Gasteiger partial charge on any atom is -0.448 e. The van der Waals surface area contributed by atoms with Crippen molar-refractivity contribution in [3.8, 4) is 0 Å². The second-order valence-electron chi connectivity index (χ2n) is 11.3. The lowest BCUT2D eigenvalue weighted by atomic mass is 10.1. The first-order valence-electron chi connectivity index (χ1n) is 14.8. The van der Waals surface area contributed by atoms with Crippen LogP contribution < -0.4 is 25.8 Å². The molecule has 2 fully saturated rings. The maximum absolute atomic E-state index is 13.2. The number of rotatable bonds is 11. The summed E-state index contributed by atoms with van der Waals surface area (Å²) in [5.41, 5.74) is 4.56. The van der Waals surface area contributed by atoms with Crippen molar-refractivity contribution in [1.82, 2.24) is 15.6 Å². The topological polar surface area (TPSA) is 120 Å². The van der Waals surface area contributed by atoms with Gasteiger partial charge in [0.05, 0.1) is 11.4 Å². The molecule has 1 saturated carbocycles. The Morgan fingerprint density at radius 3 is 2.31 bits per heavy atom. The van der Waals surface area contributed by atoms with Crippen molar-refractivity contribution in [2.24, 2.45) is 5.92 Å². The third-order valence-corrected chi connectivity index (χ3v) is 7.73. The zero-order valence-corrected chi connectivity index (χ0v) is 24.6. The van der Waals surface area contributed by atoms with Crippen LogP contribution in [0.3, 0.4) is 0 Å². The molecular formula is C32H40N6O4. The van der Waals surface area contributed by atoms with Gasteiger partial charge in [-0.05, 0) is 56.0 Å². The molecule has 1 aliphatic heterocycles. The highest BCUT2D eigenvalue weighted by atomic mass is 16.3. The minimum atomic E-state index is -0.371. The van der Waals surface area contributed by atoms with Crippen LogP contribution in [0.2, 0.25) is 0 Å². The number of hydrogen-bond acceptors (Lipinski definition) is 7. The number of amides is 3. The van der Waals surface area contributed by atoms with E-state index >= 15 is 0 Å². The van der Waals surface area contributed by atoms with E-state index in [9.17, 15) is 14.4 Å². The van der Waals surface area contributed by atoms with Crippen LogP contribution in [-0.2, 0) is 4.79 Å². The highest BCUT2D eigenvalue weighted by molar-refractivity contribution is 6.06. The minimum absolute atomic E-state index is 0.00611. The summed E-state index contributed by atoms with van der Waals surface area (Å²) < 4.78 is 5.53. The van der Waals surface area contributed by atoms with E-state index in [1.54, 1.807) is 12.1 Å². The van der Waals surface area contributed by atoms with Gasteiger partial charge in [-0.15, -0.1) is 0 Å². The Labute approximate surface area is 246 Å². The van der Waals surface area contributed by atoms with Gasteiger partial charge in [-0.3, -0.25) is 14.4 Å². The van der Waals surface area contributed by atoms with Gasteiger partial charge in [0.1, 0.15) is 6.26 Å². The van der Waals surface area contributed by atoms with Crippen molar-refractivity contribution in [1.29, 1.82) is 0 Å². The van der Waals surface area contributed by atoms with Gasteiger partial charge in [0, 0.05) is 62.4 Å². The molecule has 1 aliphatic carbocycles. The van der Waals surface area contributed by atoms with Crippen LogP contribution in [0.25, 0.3) is 0 Å². The molecule has 2 aliphatic rings. The summed E-state index contributed by atoms with van der Waals surface area (Å²) in [6.45, 7) is 9.92. The monoisotopic (exact) mass is 572 g/mol. The fraction of sp³-hybridized carbons (Fsp3) is 0.438. The van der Waals surface area contributed by atoms with Gasteiger partial charge < -0.3 is 30.2 Å². The van der Waals surface area contributed by atoms with E-state index in [2.05, 4.69) is 61.9 Å². The predicted molar refractivity (Wildman–Crippen MR) is 163 cm³/mol. The Kier molecular flexibility index (Phi) is 9.09. The number of oxazole rings is 1. The van der Waals surface area contributed by atoms with E-state index in [1.165, 1.54) is 17.5 Å². The van der Waals surface area contributed by atoms with E-state index in [0.717, 1.165) is 44.7 Å². The first kappa shape index (κ1) is 29.2. The highest BCUT2D eigenvalue weighted by Crippen LogP contribution is 2.39. The van der Waals surface area contributed by atoms with Gasteiger partial charge in [0.2, 0.25) is 5.91 Å². The number of anilines is 3. The van der Waals surface area contributed by atoms with Crippen molar-refractivity contribution in [2.45, 2.75) is 46.0 Å². The molecule has 2 aromatic carbocycles. The average molecular weight is 573 g/mol. The van der Waals surface area contributed by atoms with E-state index in [-0.39, 0.29) is 29.3 Å². The molecule has 0 atom stereocenters. The molecule has 222 valence electrons. The van der Waals surface area contributed by atoms with E-state index in [0.29, 0.717) is 42.6 Å². The molecule has 3 N–H and O–H groups in total. The number of carbonyl (C=O) groups excluding carboxylic acids is 3. The highest BCUT2D eigenvalue weighted by Gasteiger charge is 2.30. The fourth-order valence-electron chi connectivity index (χ4n) is 5.06. The lowest BCUT2D eigenvalue weighted by Crippen LogP contribution is -2.47. The third-order valence-electron chi connectivity index (χ3n) is 7.73. The first-order valence-corrected chi connectivity index (χ1v) is 14.8. The molecule has 10 heteroatoms. The molecule has 5 rings (SSSR count). The zero-order valence-electron chi connectivity index (χ0n) is 24.6. The number of benzene rings is 2. The fourth-order valence-corrected chi connectivity index (χ4v) is 5.06. The normalized spacial score (nSPS) is 15.0. The molecule has 0 bridgehead atoms. The number of aromatic nitrogens is 1. The molecule has 3 aromatic rings. The largest absolute Gasteiger partial charge is 0.448 e. The SMILES string of the molecule is Cc1ccccc1N1CCN(c2ccc(C(=O)NCCCNC(=O)C(C)C)cc2NC(=O)c2coc(C3CC3)n2)CC1. The zero-order chi connectivity index (χ0) is 29.6. The van der Waals surface area contributed by atoms with Crippen LogP contribution in [0, 0.1) is 12.8 Å². The van der Waals surface area contributed by atoms with Crippen molar-refractivity contribution >= 4 is 34.8 Å². The molecule has 3 amide bonds. The maximum atomic E-state index is 13.2. The van der Waals surface area contributed by atoms with Crippen LogP contribution in [0.5, 0.6) is 0 Å². The summed E-state index contributed by atoms with van der Waals surface area (Å²) in [6, 6.07) is 13.8.